The average Bonchev–Trinajstić information content (AvgIpc) is 3.87. The lowest BCUT2D eigenvalue weighted by molar-refractivity contribution is -0.123. The molecule has 0 radical (unpaired) electrons. The zero-order valence-corrected chi connectivity index (χ0v) is 25.3. The Labute approximate surface area is 254 Å². The van der Waals surface area contributed by atoms with E-state index in [9.17, 15) is 18.0 Å². The van der Waals surface area contributed by atoms with Crippen molar-refractivity contribution in [2.24, 2.45) is 5.73 Å². The lowest BCUT2D eigenvalue weighted by Gasteiger charge is -2.35. The van der Waals surface area contributed by atoms with Crippen molar-refractivity contribution >= 4 is 27.7 Å². The second-order valence-corrected chi connectivity index (χ2v) is 12.9. The van der Waals surface area contributed by atoms with Crippen molar-refractivity contribution in [2.75, 3.05) is 32.7 Å². The summed E-state index contributed by atoms with van der Waals surface area (Å²) >= 11 is 0. The molecule has 2 aromatic carbocycles. The summed E-state index contributed by atoms with van der Waals surface area (Å²) in [6.07, 6.45) is 5.83. The first-order chi connectivity index (χ1) is 20.7. The molecule has 3 amide bonds. The van der Waals surface area contributed by atoms with Crippen molar-refractivity contribution in [2.45, 2.75) is 61.5 Å². The number of nitrogens with one attached hydrogen (secondary N) is 4. The van der Waals surface area contributed by atoms with Crippen LogP contribution in [0.3, 0.4) is 0 Å². The first-order valence-corrected chi connectivity index (χ1v) is 16.5. The summed E-state index contributed by atoms with van der Waals surface area (Å²) < 4.78 is 25.9. The number of carbonyl (C=O) groups excluding carboxylic acids is 2. The lowest BCUT2D eigenvalue weighted by Crippen LogP contribution is -2.56. The topological polar surface area (TPSA) is 161 Å². The Kier molecular flexibility index (Phi) is 11.6. The average molecular weight is 610 g/mol. The molecule has 2 aromatic rings. The molecule has 1 aliphatic heterocycles. The number of guanidine groups is 1. The van der Waals surface area contributed by atoms with Crippen molar-refractivity contribution in [1.29, 1.82) is 5.41 Å². The number of nitrogens with two attached hydrogens (primary N) is 1. The van der Waals surface area contributed by atoms with Gasteiger partial charge in [-0.25, -0.2) is 13.2 Å². The van der Waals surface area contributed by atoms with E-state index in [0.717, 1.165) is 24.1 Å². The van der Waals surface area contributed by atoms with Gasteiger partial charge in [0.25, 0.3) is 0 Å². The molecule has 2 aliphatic rings. The largest absolute Gasteiger partial charge is 0.370 e. The number of amides is 3. The van der Waals surface area contributed by atoms with Gasteiger partial charge in [-0.15, -0.1) is 0 Å². The predicted molar refractivity (Wildman–Crippen MR) is 167 cm³/mol. The molecule has 1 saturated heterocycles. The number of nitrogens with zero attached hydrogens (tertiary/aromatic N) is 2. The summed E-state index contributed by atoms with van der Waals surface area (Å²) in [7, 11) is -3.71. The van der Waals surface area contributed by atoms with Crippen LogP contribution in [0.25, 0.3) is 0 Å². The molecule has 232 valence electrons. The van der Waals surface area contributed by atoms with E-state index in [2.05, 4.69) is 20.9 Å². The number of hydrogen-bond donors (Lipinski definition) is 5. The third kappa shape index (κ3) is 10.4. The zero-order valence-electron chi connectivity index (χ0n) is 24.5. The van der Waals surface area contributed by atoms with E-state index in [0.29, 0.717) is 51.4 Å². The van der Waals surface area contributed by atoms with Crippen molar-refractivity contribution in [3.8, 4) is 0 Å². The van der Waals surface area contributed by atoms with Gasteiger partial charge in [-0.1, -0.05) is 54.6 Å². The molecule has 0 unspecified atom stereocenters. The van der Waals surface area contributed by atoms with E-state index in [-0.39, 0.29) is 16.9 Å². The fourth-order valence-corrected chi connectivity index (χ4v) is 6.21. The van der Waals surface area contributed by atoms with Crippen LogP contribution in [-0.2, 0) is 21.1 Å². The third-order valence-corrected chi connectivity index (χ3v) is 9.18. The molecule has 6 N–H and O–H groups in total. The van der Waals surface area contributed by atoms with E-state index in [4.69, 9.17) is 11.1 Å². The van der Waals surface area contributed by atoms with Crippen LogP contribution < -0.4 is 21.7 Å². The van der Waals surface area contributed by atoms with E-state index >= 15 is 0 Å². The molecular weight excluding hydrogens is 566 g/mol. The van der Waals surface area contributed by atoms with Gasteiger partial charge >= 0.3 is 6.03 Å². The molecule has 11 nitrogen and oxygen atoms in total. The number of sulfone groups is 1. The molecule has 0 aromatic heterocycles. The van der Waals surface area contributed by atoms with Crippen LogP contribution in [0.2, 0.25) is 0 Å². The van der Waals surface area contributed by atoms with Crippen LogP contribution in [0.15, 0.2) is 77.0 Å². The molecule has 1 aliphatic carbocycles. The minimum Gasteiger partial charge on any atom is -0.370 e. The second kappa shape index (κ2) is 15.5. The number of rotatable bonds is 14. The zero-order chi connectivity index (χ0) is 30.7. The van der Waals surface area contributed by atoms with Crippen molar-refractivity contribution in [3.63, 3.8) is 0 Å². The minimum atomic E-state index is -3.71. The first kappa shape index (κ1) is 32.0. The summed E-state index contributed by atoms with van der Waals surface area (Å²) in [5, 5.41) is 17.1. The maximum absolute atomic E-state index is 13.6. The highest BCUT2D eigenvalue weighted by molar-refractivity contribution is 7.94. The van der Waals surface area contributed by atoms with Crippen molar-refractivity contribution < 1.29 is 18.0 Å². The summed E-state index contributed by atoms with van der Waals surface area (Å²) in [5.41, 5.74) is 6.46. The highest BCUT2D eigenvalue weighted by Gasteiger charge is 2.33. The maximum atomic E-state index is 13.6. The van der Waals surface area contributed by atoms with Gasteiger partial charge in [0, 0.05) is 50.2 Å². The molecule has 1 saturated carbocycles. The van der Waals surface area contributed by atoms with Gasteiger partial charge in [-0.2, -0.15) is 0 Å². The lowest BCUT2D eigenvalue weighted by atomic mass is 10.0. The van der Waals surface area contributed by atoms with Gasteiger partial charge in [-0.3, -0.25) is 15.1 Å². The molecule has 2 atom stereocenters. The third-order valence-electron chi connectivity index (χ3n) is 7.74. The van der Waals surface area contributed by atoms with Crippen LogP contribution in [-0.4, -0.2) is 87.0 Å². The van der Waals surface area contributed by atoms with Gasteiger partial charge in [0.1, 0.15) is 6.04 Å². The molecule has 43 heavy (non-hydrogen) atoms. The van der Waals surface area contributed by atoms with E-state index in [1.54, 1.807) is 23.1 Å². The van der Waals surface area contributed by atoms with Crippen molar-refractivity contribution in [1.82, 2.24) is 25.8 Å². The Bertz CT molecular complexity index is 1340. The number of piperazine rings is 1. The van der Waals surface area contributed by atoms with Gasteiger partial charge < -0.3 is 26.6 Å². The Morgan fingerprint density at radius 2 is 1.60 bits per heavy atom. The summed E-state index contributed by atoms with van der Waals surface area (Å²) in [4.78, 5) is 31.2. The smallest absolute Gasteiger partial charge is 0.318 e. The Morgan fingerprint density at radius 1 is 0.953 bits per heavy atom. The Balaban J connectivity index is 1.45. The van der Waals surface area contributed by atoms with Crippen molar-refractivity contribution in [3.05, 3.63) is 77.7 Å². The number of urea groups is 1. The Morgan fingerprint density at radius 3 is 2.23 bits per heavy atom. The van der Waals surface area contributed by atoms with Crippen LogP contribution in [0.5, 0.6) is 0 Å². The minimum absolute atomic E-state index is 0.163. The summed E-state index contributed by atoms with van der Waals surface area (Å²) in [6.45, 7) is 3.21. The fraction of sp³-hybridized carbons (Fsp3) is 0.452. The van der Waals surface area contributed by atoms with Gasteiger partial charge in [0.2, 0.25) is 5.91 Å². The highest BCUT2D eigenvalue weighted by atomic mass is 32.2. The maximum Gasteiger partial charge on any atom is 0.318 e. The number of aryl methyl sites for hydroxylation is 1. The Hall–Kier alpha value is -3.90. The molecule has 12 heteroatoms. The van der Waals surface area contributed by atoms with Crippen LogP contribution >= 0.6 is 0 Å². The van der Waals surface area contributed by atoms with E-state index in [1.807, 2.05) is 30.3 Å². The monoisotopic (exact) mass is 609 g/mol. The SMILES string of the molecule is N=C(N)NCCC[C@H](NC(=O)N1CCN(C2CC2)CC1)C(=O)N[C@H](/C=C/S(=O)(=O)c1ccccc1)CCc1ccccc1. The summed E-state index contributed by atoms with van der Waals surface area (Å²) in [5.74, 6) is -0.558. The van der Waals surface area contributed by atoms with Crippen LogP contribution in [0.4, 0.5) is 4.79 Å². The summed E-state index contributed by atoms with van der Waals surface area (Å²) in [6, 6.07) is 16.8. The van der Waals surface area contributed by atoms with Gasteiger partial charge in [-0.05, 0) is 56.2 Å². The number of benzene rings is 2. The van der Waals surface area contributed by atoms with E-state index in [1.165, 1.54) is 31.1 Å². The second-order valence-electron chi connectivity index (χ2n) is 11.1. The normalized spacial score (nSPS) is 17.3. The van der Waals surface area contributed by atoms with Gasteiger partial charge in [0.15, 0.2) is 15.8 Å². The van der Waals surface area contributed by atoms with Crippen LogP contribution in [0.1, 0.15) is 37.7 Å². The molecule has 0 bridgehead atoms. The predicted octanol–water partition coefficient (Wildman–Crippen LogP) is 2.21. The van der Waals surface area contributed by atoms with E-state index < -0.39 is 27.8 Å². The number of hydrogen-bond acceptors (Lipinski definition) is 6. The quantitative estimate of drug-likeness (QED) is 0.125. The molecule has 0 spiro atoms. The molecule has 1 heterocycles. The fourth-order valence-electron chi connectivity index (χ4n) is 5.12. The molecular formula is C31H43N7O4S. The highest BCUT2D eigenvalue weighted by Crippen LogP contribution is 2.27. The first-order valence-electron chi connectivity index (χ1n) is 14.9. The standard InChI is InChI=1S/C31H43N7O4S/c32-30(33)34-18-7-12-28(36-31(40)38-21-19-37(20-22-38)26-15-16-26)29(39)35-25(14-13-24-8-3-1-4-9-24)17-23-43(41,42)27-10-5-2-6-11-27/h1-6,8-11,17,23,25-26,28H,7,12-16,18-22H2,(H,35,39)(H,36,40)(H4,32,33,34)/b23-17+/t25-,28-/m0/s1. The molecule has 2 fully saturated rings. The van der Waals surface area contributed by atoms with Gasteiger partial charge in [0.05, 0.1) is 4.90 Å². The van der Waals surface area contributed by atoms with Crippen LogP contribution in [0, 0.1) is 5.41 Å². The molecule has 4 rings (SSSR count). The number of carbonyl (C=O) groups is 2.